The lowest BCUT2D eigenvalue weighted by Gasteiger charge is -2.27. The predicted molar refractivity (Wildman–Crippen MR) is 60.8 cm³/mol. The fourth-order valence-electron chi connectivity index (χ4n) is 1.50. The van der Waals surface area contributed by atoms with E-state index in [-0.39, 0.29) is 24.7 Å². The van der Waals surface area contributed by atoms with Gasteiger partial charge < -0.3 is 9.84 Å². The largest absolute Gasteiger partial charge is 0.469 e. The molecule has 16 heavy (non-hydrogen) atoms. The van der Waals surface area contributed by atoms with E-state index in [0.717, 1.165) is 0 Å². The Balaban J connectivity index is 4.81. The number of hydrogen-bond donors (Lipinski definition) is 1. The van der Waals surface area contributed by atoms with Gasteiger partial charge in [0, 0.05) is 17.9 Å². The van der Waals surface area contributed by atoms with Crippen LogP contribution in [0.4, 0.5) is 0 Å². The van der Waals surface area contributed by atoms with Crippen LogP contribution in [0.3, 0.4) is 0 Å². The van der Waals surface area contributed by atoms with Crippen molar-refractivity contribution in [2.45, 2.75) is 34.1 Å². The predicted octanol–water partition coefficient (Wildman–Crippen LogP) is 1.41. The maximum Gasteiger partial charge on any atom is 0.306 e. The Morgan fingerprint density at radius 3 is 2.12 bits per heavy atom. The monoisotopic (exact) mass is 230 g/mol. The molecule has 0 saturated carbocycles. The minimum Gasteiger partial charge on any atom is -0.469 e. The van der Waals surface area contributed by atoms with E-state index in [0.29, 0.717) is 0 Å². The van der Waals surface area contributed by atoms with Gasteiger partial charge in [0.1, 0.15) is 5.78 Å². The summed E-state index contributed by atoms with van der Waals surface area (Å²) in [5.74, 6) is -1.13. The van der Waals surface area contributed by atoms with Crippen LogP contribution in [0.5, 0.6) is 0 Å². The van der Waals surface area contributed by atoms with Gasteiger partial charge in [-0.1, -0.05) is 27.7 Å². The van der Waals surface area contributed by atoms with Crippen molar-refractivity contribution < 1.29 is 19.4 Å². The highest BCUT2D eigenvalue weighted by molar-refractivity contribution is 5.89. The van der Waals surface area contributed by atoms with E-state index in [2.05, 4.69) is 4.74 Å². The summed E-state index contributed by atoms with van der Waals surface area (Å²) in [5.41, 5.74) is -0.512. The molecule has 0 heterocycles. The maximum absolute atomic E-state index is 12.1. The molecule has 4 nitrogen and oxygen atoms in total. The number of methoxy groups -OCH3 is 1. The Hall–Kier alpha value is -0.900. The molecule has 4 heteroatoms. The zero-order valence-corrected chi connectivity index (χ0v) is 10.7. The van der Waals surface area contributed by atoms with E-state index in [1.807, 2.05) is 20.8 Å². The summed E-state index contributed by atoms with van der Waals surface area (Å²) < 4.78 is 4.57. The molecule has 1 N–H and O–H groups in total. The smallest absolute Gasteiger partial charge is 0.306 e. The van der Waals surface area contributed by atoms with E-state index < -0.39 is 17.3 Å². The molecule has 0 aromatic carbocycles. The third-order valence-electron chi connectivity index (χ3n) is 2.67. The molecule has 0 aliphatic heterocycles. The highest BCUT2D eigenvalue weighted by Gasteiger charge is 2.34. The average Bonchev–Trinajstić information content (AvgIpc) is 2.22. The number of hydrogen-bond acceptors (Lipinski definition) is 4. The van der Waals surface area contributed by atoms with E-state index in [1.54, 1.807) is 6.92 Å². The molecular formula is C12H22O4. The second-order valence-electron chi connectivity index (χ2n) is 5.16. The number of Topliss-reactive ketones (excluding diaryl/α,β-unsaturated/α-hetero) is 1. The van der Waals surface area contributed by atoms with Crippen molar-refractivity contribution >= 4 is 11.8 Å². The van der Waals surface area contributed by atoms with Crippen LogP contribution in [0.15, 0.2) is 0 Å². The third-order valence-corrected chi connectivity index (χ3v) is 2.67. The van der Waals surface area contributed by atoms with Gasteiger partial charge in [-0.15, -0.1) is 0 Å². The van der Waals surface area contributed by atoms with Crippen LogP contribution in [0.25, 0.3) is 0 Å². The van der Waals surface area contributed by atoms with Gasteiger partial charge in [0.05, 0.1) is 13.5 Å². The molecule has 0 aromatic rings. The average molecular weight is 230 g/mol. The Kier molecular flexibility index (Phi) is 5.65. The summed E-state index contributed by atoms with van der Waals surface area (Å²) in [7, 11) is 1.30. The van der Waals surface area contributed by atoms with Crippen LogP contribution in [0.1, 0.15) is 34.1 Å². The van der Waals surface area contributed by atoms with E-state index in [9.17, 15) is 9.59 Å². The quantitative estimate of drug-likeness (QED) is 0.725. The van der Waals surface area contributed by atoms with Crippen molar-refractivity contribution in [3.63, 3.8) is 0 Å². The first-order valence-electron chi connectivity index (χ1n) is 5.46. The summed E-state index contributed by atoms with van der Waals surface area (Å²) in [6, 6.07) is 0. The van der Waals surface area contributed by atoms with Gasteiger partial charge in [0.2, 0.25) is 0 Å². The van der Waals surface area contributed by atoms with E-state index >= 15 is 0 Å². The fourth-order valence-corrected chi connectivity index (χ4v) is 1.50. The Morgan fingerprint density at radius 2 is 1.81 bits per heavy atom. The maximum atomic E-state index is 12.1. The van der Waals surface area contributed by atoms with Crippen molar-refractivity contribution in [3.05, 3.63) is 0 Å². The first-order valence-corrected chi connectivity index (χ1v) is 5.46. The minimum absolute atomic E-state index is 0.0144. The summed E-state index contributed by atoms with van der Waals surface area (Å²) >= 11 is 0. The lowest BCUT2D eigenvalue weighted by molar-refractivity contribution is -0.146. The number of carbonyl (C=O) groups is 2. The van der Waals surface area contributed by atoms with Gasteiger partial charge in [-0.3, -0.25) is 9.59 Å². The Bertz CT molecular complexity index is 252. The lowest BCUT2D eigenvalue weighted by Crippen LogP contribution is -2.35. The summed E-state index contributed by atoms with van der Waals surface area (Å²) in [6.07, 6.45) is 0.0360. The van der Waals surface area contributed by atoms with Crippen molar-refractivity contribution in [3.8, 4) is 0 Å². The second-order valence-corrected chi connectivity index (χ2v) is 5.16. The summed E-state index contributed by atoms with van der Waals surface area (Å²) in [6.45, 7) is 7.08. The van der Waals surface area contributed by atoms with Crippen LogP contribution in [0.2, 0.25) is 0 Å². The molecule has 0 fully saturated rings. The topological polar surface area (TPSA) is 63.6 Å². The third kappa shape index (κ3) is 4.31. The zero-order valence-electron chi connectivity index (χ0n) is 10.7. The van der Waals surface area contributed by atoms with Crippen molar-refractivity contribution in [1.82, 2.24) is 0 Å². The number of rotatable bonds is 5. The fraction of sp³-hybridized carbons (Fsp3) is 0.833. The van der Waals surface area contributed by atoms with E-state index in [4.69, 9.17) is 5.11 Å². The van der Waals surface area contributed by atoms with Crippen LogP contribution in [-0.4, -0.2) is 30.6 Å². The molecule has 0 spiro atoms. The molecule has 0 aliphatic carbocycles. The highest BCUT2D eigenvalue weighted by atomic mass is 16.5. The molecule has 0 rings (SSSR count). The number of esters is 1. The molecule has 2 atom stereocenters. The van der Waals surface area contributed by atoms with Crippen molar-refractivity contribution in [2.24, 2.45) is 17.3 Å². The molecule has 0 amide bonds. The number of aliphatic hydroxyl groups is 1. The Morgan fingerprint density at radius 1 is 1.31 bits per heavy atom. The number of ether oxygens (including phenoxy) is 1. The van der Waals surface area contributed by atoms with Gasteiger partial charge in [0.15, 0.2) is 0 Å². The van der Waals surface area contributed by atoms with Crippen LogP contribution in [0, 0.1) is 17.3 Å². The first kappa shape index (κ1) is 15.1. The molecule has 0 saturated heterocycles. The molecular weight excluding hydrogens is 208 g/mol. The Labute approximate surface area is 97.0 Å². The van der Waals surface area contributed by atoms with Gasteiger partial charge >= 0.3 is 5.97 Å². The van der Waals surface area contributed by atoms with Gasteiger partial charge in [0.25, 0.3) is 0 Å². The van der Waals surface area contributed by atoms with Crippen molar-refractivity contribution in [1.29, 1.82) is 0 Å². The summed E-state index contributed by atoms with van der Waals surface area (Å²) in [4.78, 5) is 23.3. The SMILES string of the molecule is COC(=O)CC(C(=O)C(C)(C)C)C(C)CO. The normalized spacial score (nSPS) is 15.4. The highest BCUT2D eigenvalue weighted by Crippen LogP contribution is 2.27. The van der Waals surface area contributed by atoms with Crippen LogP contribution in [-0.2, 0) is 14.3 Å². The minimum atomic E-state index is -0.512. The number of aliphatic hydroxyl groups excluding tert-OH is 1. The standard InChI is InChI=1S/C12H22O4/c1-8(7-13)9(6-10(14)16-5)11(15)12(2,3)4/h8-9,13H,6-7H2,1-5H3. The van der Waals surface area contributed by atoms with Crippen LogP contribution < -0.4 is 0 Å². The molecule has 0 bridgehead atoms. The molecule has 0 radical (unpaired) electrons. The molecule has 0 aliphatic rings. The van der Waals surface area contributed by atoms with Crippen LogP contribution >= 0.6 is 0 Å². The number of ketones is 1. The summed E-state index contributed by atoms with van der Waals surface area (Å²) in [5, 5.41) is 9.10. The second kappa shape index (κ2) is 5.99. The zero-order chi connectivity index (χ0) is 12.9. The first-order chi connectivity index (χ1) is 7.23. The van der Waals surface area contributed by atoms with E-state index in [1.165, 1.54) is 7.11 Å². The van der Waals surface area contributed by atoms with Gasteiger partial charge in [-0.05, 0) is 5.92 Å². The van der Waals surface area contributed by atoms with Gasteiger partial charge in [-0.25, -0.2) is 0 Å². The molecule has 0 aromatic heterocycles. The number of carbonyl (C=O) groups excluding carboxylic acids is 2. The molecule has 2 unspecified atom stereocenters. The lowest BCUT2D eigenvalue weighted by atomic mass is 9.76. The van der Waals surface area contributed by atoms with Crippen molar-refractivity contribution in [2.75, 3.05) is 13.7 Å². The van der Waals surface area contributed by atoms with Gasteiger partial charge in [-0.2, -0.15) is 0 Å². The molecule has 94 valence electrons.